The van der Waals surface area contributed by atoms with E-state index < -0.39 is 9.84 Å². The molecule has 3 heterocycles. The summed E-state index contributed by atoms with van der Waals surface area (Å²) in [5, 5.41) is 22.2. The molecule has 5 rings (SSSR count). The largest absolute Gasteiger partial charge is 0.351 e. The van der Waals surface area contributed by atoms with Crippen molar-refractivity contribution >= 4 is 38.2 Å². The molecule has 1 aliphatic rings. The maximum atomic E-state index is 11.8. The number of anilines is 1. The van der Waals surface area contributed by atoms with E-state index in [1.165, 1.54) is 6.26 Å². The average Bonchev–Trinajstić information content (AvgIpc) is 2.96. The zero-order valence-corrected chi connectivity index (χ0v) is 23.4. The Kier molecular flexibility index (Phi) is 7.62. The van der Waals surface area contributed by atoms with Crippen LogP contribution in [0.2, 0.25) is 0 Å². The molecule has 204 valence electrons. The first kappa shape index (κ1) is 27.0. The molecule has 2 aromatic carbocycles. The fourth-order valence-corrected chi connectivity index (χ4v) is 5.52. The monoisotopic (exact) mass is 554 g/mol. The van der Waals surface area contributed by atoms with Crippen LogP contribution >= 0.6 is 0 Å². The van der Waals surface area contributed by atoms with Gasteiger partial charge in [0, 0.05) is 43.0 Å². The van der Waals surface area contributed by atoms with Crippen molar-refractivity contribution in [1.82, 2.24) is 25.4 Å². The van der Waals surface area contributed by atoms with Crippen molar-refractivity contribution in [2.45, 2.75) is 24.8 Å². The Hall–Kier alpha value is -4.56. The van der Waals surface area contributed by atoms with Gasteiger partial charge in [-0.15, -0.1) is 10.2 Å². The lowest BCUT2D eigenvalue weighted by Crippen LogP contribution is -2.59. The average molecular weight is 555 g/mol. The van der Waals surface area contributed by atoms with Crippen LogP contribution in [0.3, 0.4) is 0 Å². The summed E-state index contributed by atoms with van der Waals surface area (Å²) in [4.78, 5) is 13.9. The molecule has 2 aromatic heterocycles. The van der Waals surface area contributed by atoms with E-state index in [2.05, 4.69) is 50.3 Å². The molecule has 11 heteroatoms. The zero-order valence-electron chi connectivity index (χ0n) is 22.6. The number of benzene rings is 2. The van der Waals surface area contributed by atoms with E-state index in [0.717, 1.165) is 28.0 Å². The number of fused-ring (bicyclic) bond motifs is 1. The highest BCUT2D eigenvalue weighted by molar-refractivity contribution is 7.90. The molecule has 0 bridgehead atoms. The molecule has 0 saturated carbocycles. The van der Waals surface area contributed by atoms with Crippen LogP contribution in [0.4, 0.5) is 11.5 Å². The number of aromatic nitrogens is 3. The minimum absolute atomic E-state index is 0.0615. The van der Waals surface area contributed by atoms with Crippen molar-refractivity contribution < 1.29 is 8.42 Å². The Morgan fingerprint density at radius 2 is 1.85 bits per heavy atom. The van der Waals surface area contributed by atoms with E-state index in [1.54, 1.807) is 30.5 Å². The summed E-state index contributed by atoms with van der Waals surface area (Å²) < 4.78 is 23.5. The molecule has 1 fully saturated rings. The number of guanidine groups is 1. The van der Waals surface area contributed by atoms with Gasteiger partial charge in [-0.3, -0.25) is 10.3 Å². The number of sulfone groups is 1. The highest BCUT2D eigenvalue weighted by Gasteiger charge is 2.32. The third-order valence-electron chi connectivity index (χ3n) is 7.03. The second-order valence-corrected chi connectivity index (χ2v) is 12.1. The summed E-state index contributed by atoms with van der Waals surface area (Å²) in [5.41, 5.74) is 3.06. The van der Waals surface area contributed by atoms with Gasteiger partial charge in [-0.05, 0) is 54.4 Å². The molecule has 0 amide bonds. The van der Waals surface area contributed by atoms with E-state index in [-0.39, 0.29) is 16.9 Å². The SMILES string of the molecule is CC(C)[C@H]1CN(c2ccc(-c3ccc(S(C)(=O)=O)cc3)nn2)CCN1C(=Nc1cccc2ncccc12)NC#N. The fraction of sp³-hybridized carbons (Fsp3) is 0.276. The molecule has 0 unspecified atom stereocenters. The van der Waals surface area contributed by atoms with Crippen molar-refractivity contribution in [3.05, 3.63) is 72.9 Å². The second kappa shape index (κ2) is 11.3. The van der Waals surface area contributed by atoms with E-state index in [0.29, 0.717) is 31.3 Å². The normalized spacial score (nSPS) is 16.3. The lowest BCUT2D eigenvalue weighted by molar-refractivity contribution is 0.220. The number of aliphatic imine (C=N–C) groups is 1. The van der Waals surface area contributed by atoms with Crippen LogP contribution in [0.25, 0.3) is 22.2 Å². The van der Waals surface area contributed by atoms with Crippen LogP contribution in [0.1, 0.15) is 13.8 Å². The van der Waals surface area contributed by atoms with Gasteiger partial charge in [-0.1, -0.05) is 32.0 Å². The molecule has 0 aliphatic carbocycles. The Morgan fingerprint density at radius 3 is 2.52 bits per heavy atom. The molecule has 1 aliphatic heterocycles. The molecule has 10 nitrogen and oxygen atoms in total. The standard InChI is InChI=1S/C29H30N8O2S/c1-20(2)27-18-36(28-14-13-24(34-35-28)21-9-11-22(12-10-21)40(3,38)39)16-17-37(27)29(32-19-30)33-26-8-4-7-25-23(26)6-5-15-31-25/h4-15,20,27H,16-18H2,1-3H3,(H,32,33)/t27-/m1/s1. The minimum Gasteiger partial charge on any atom is -0.351 e. The number of rotatable bonds is 5. The molecule has 1 atom stereocenters. The molecule has 1 saturated heterocycles. The lowest BCUT2D eigenvalue weighted by Gasteiger charge is -2.44. The number of pyridine rings is 1. The maximum Gasteiger partial charge on any atom is 0.213 e. The number of nitriles is 1. The molecule has 0 radical (unpaired) electrons. The van der Waals surface area contributed by atoms with Crippen molar-refractivity contribution in [2.75, 3.05) is 30.8 Å². The molecule has 1 N–H and O–H groups in total. The van der Waals surface area contributed by atoms with Crippen molar-refractivity contribution in [2.24, 2.45) is 10.9 Å². The molecular weight excluding hydrogens is 524 g/mol. The van der Waals surface area contributed by atoms with E-state index >= 15 is 0 Å². The topological polar surface area (TPSA) is 127 Å². The molecule has 40 heavy (non-hydrogen) atoms. The van der Waals surface area contributed by atoms with Crippen LogP contribution < -0.4 is 10.2 Å². The van der Waals surface area contributed by atoms with Gasteiger partial charge < -0.3 is 9.80 Å². The summed E-state index contributed by atoms with van der Waals surface area (Å²) in [5.74, 6) is 1.54. The maximum absolute atomic E-state index is 11.8. The first-order valence-electron chi connectivity index (χ1n) is 13.0. The smallest absolute Gasteiger partial charge is 0.213 e. The van der Waals surface area contributed by atoms with E-state index in [9.17, 15) is 13.7 Å². The fourth-order valence-electron chi connectivity index (χ4n) is 4.89. The third kappa shape index (κ3) is 5.72. The minimum atomic E-state index is -3.26. The number of hydrogen-bond acceptors (Lipinski definition) is 8. The van der Waals surface area contributed by atoms with Gasteiger partial charge >= 0.3 is 0 Å². The Morgan fingerprint density at radius 1 is 1.05 bits per heavy atom. The predicted molar refractivity (Wildman–Crippen MR) is 156 cm³/mol. The number of piperazine rings is 1. The van der Waals surface area contributed by atoms with Crippen molar-refractivity contribution in [3.63, 3.8) is 0 Å². The van der Waals surface area contributed by atoms with Gasteiger partial charge in [0.2, 0.25) is 5.96 Å². The quantitative estimate of drug-likeness (QED) is 0.168. The highest BCUT2D eigenvalue weighted by Crippen LogP contribution is 2.27. The number of hydrogen-bond donors (Lipinski definition) is 1. The van der Waals surface area contributed by atoms with Gasteiger partial charge in [0.05, 0.1) is 27.8 Å². The number of nitrogens with one attached hydrogen (secondary N) is 1. The zero-order chi connectivity index (χ0) is 28.3. The Balaban J connectivity index is 1.37. The van der Waals surface area contributed by atoms with E-state index in [4.69, 9.17) is 4.99 Å². The van der Waals surface area contributed by atoms with Gasteiger partial charge in [-0.2, -0.15) is 5.26 Å². The first-order chi connectivity index (χ1) is 19.2. The van der Waals surface area contributed by atoms with Crippen molar-refractivity contribution in [1.29, 1.82) is 5.26 Å². The van der Waals surface area contributed by atoms with Gasteiger partial charge in [0.1, 0.15) is 0 Å². The van der Waals surface area contributed by atoms with Gasteiger partial charge in [-0.25, -0.2) is 13.4 Å². The van der Waals surface area contributed by atoms with Crippen LogP contribution in [0, 0.1) is 17.4 Å². The summed E-state index contributed by atoms with van der Waals surface area (Å²) in [7, 11) is -3.26. The molecular formula is C29H30N8O2S. The van der Waals surface area contributed by atoms with Crippen LogP contribution in [0.15, 0.2) is 82.8 Å². The summed E-state index contributed by atoms with van der Waals surface area (Å²) in [6.45, 7) is 6.29. The van der Waals surface area contributed by atoms with Crippen LogP contribution in [-0.4, -0.2) is 66.4 Å². The first-order valence-corrected chi connectivity index (χ1v) is 14.9. The Bertz CT molecular complexity index is 1670. The molecule has 0 spiro atoms. The Labute approximate surface area is 233 Å². The van der Waals surface area contributed by atoms with Crippen LogP contribution in [-0.2, 0) is 9.84 Å². The second-order valence-electron chi connectivity index (χ2n) is 10.0. The van der Waals surface area contributed by atoms with Crippen LogP contribution in [0.5, 0.6) is 0 Å². The highest BCUT2D eigenvalue weighted by atomic mass is 32.2. The van der Waals surface area contributed by atoms with E-state index in [1.807, 2.05) is 42.5 Å². The molecule has 4 aromatic rings. The van der Waals surface area contributed by atoms with Crippen molar-refractivity contribution in [3.8, 4) is 17.5 Å². The van der Waals surface area contributed by atoms with Gasteiger partial charge in [0.25, 0.3) is 0 Å². The summed E-state index contributed by atoms with van der Waals surface area (Å²) in [6, 6.07) is 20.2. The lowest BCUT2D eigenvalue weighted by atomic mass is 9.99. The van der Waals surface area contributed by atoms with Gasteiger partial charge in [0.15, 0.2) is 21.8 Å². The summed E-state index contributed by atoms with van der Waals surface area (Å²) >= 11 is 0. The third-order valence-corrected chi connectivity index (χ3v) is 8.16. The predicted octanol–water partition coefficient (Wildman–Crippen LogP) is 4.00. The number of nitrogens with zero attached hydrogens (tertiary/aromatic N) is 7. The summed E-state index contributed by atoms with van der Waals surface area (Å²) in [6.07, 6.45) is 5.00.